The van der Waals surface area contributed by atoms with Crippen LogP contribution in [0.1, 0.15) is 103 Å². The molecule has 3 aromatic rings. The van der Waals surface area contributed by atoms with Crippen LogP contribution in [0.4, 0.5) is 10.5 Å². The van der Waals surface area contributed by atoms with Gasteiger partial charge >= 0.3 is 13.7 Å². The standard InChI is InChI=1S/C40H57N4O10P/c1-6-11-15-20-34(35(9-4)44(29-45)54-40(48)43-31-18-16-14-17-19-31)38(46)41-28-42-39(47)37-22-21-36(53-37)30-25-32(50-10-5)27-33(26-30)55(49,51-23-12-7-2)52-24-13-8-3/h14,16-19,21-22,25-27,29,34-35H,6-13,15,20,23-24,28H2,1-5H3,(H,41,46)(H,42,47)(H,43,48)/t34-,35-/m1/s1. The molecule has 0 aliphatic rings. The number of hydrogen-bond acceptors (Lipinski definition) is 10. The Bertz CT molecular complexity index is 1670. The Labute approximate surface area is 324 Å². The fraction of sp³-hybridized carbons (Fsp3) is 0.500. The van der Waals surface area contributed by atoms with E-state index in [1.807, 2.05) is 27.7 Å². The van der Waals surface area contributed by atoms with Crippen LogP contribution in [0.25, 0.3) is 11.3 Å². The van der Waals surface area contributed by atoms with Crippen molar-refractivity contribution in [3.63, 3.8) is 0 Å². The van der Waals surface area contributed by atoms with Crippen molar-refractivity contribution >= 4 is 42.9 Å². The van der Waals surface area contributed by atoms with Crippen LogP contribution in [-0.2, 0) is 28.0 Å². The van der Waals surface area contributed by atoms with Gasteiger partial charge in [0.25, 0.3) is 5.91 Å². The number of rotatable bonds is 26. The van der Waals surface area contributed by atoms with Crippen molar-refractivity contribution in [1.82, 2.24) is 15.7 Å². The summed E-state index contributed by atoms with van der Waals surface area (Å²) in [5.74, 6) is -1.02. The van der Waals surface area contributed by atoms with Gasteiger partial charge in [-0.05, 0) is 75.1 Å². The molecule has 0 saturated carbocycles. The van der Waals surface area contributed by atoms with Gasteiger partial charge < -0.3 is 33.7 Å². The summed E-state index contributed by atoms with van der Waals surface area (Å²) in [6.45, 7) is 10.4. The molecule has 15 heteroatoms. The summed E-state index contributed by atoms with van der Waals surface area (Å²) in [7, 11) is -3.71. The first-order valence-corrected chi connectivity index (χ1v) is 20.8. The molecular weight excluding hydrogens is 727 g/mol. The van der Waals surface area contributed by atoms with E-state index in [1.165, 1.54) is 6.07 Å². The lowest BCUT2D eigenvalue weighted by molar-refractivity contribution is -0.167. The van der Waals surface area contributed by atoms with Gasteiger partial charge in [0.1, 0.15) is 11.5 Å². The molecular formula is C40H57N4O10P. The minimum Gasteiger partial charge on any atom is -0.494 e. The number of unbranched alkanes of at least 4 members (excludes halogenated alkanes) is 4. The van der Waals surface area contributed by atoms with E-state index in [0.717, 1.165) is 30.7 Å². The van der Waals surface area contributed by atoms with Crippen molar-refractivity contribution in [2.75, 3.05) is 31.8 Å². The van der Waals surface area contributed by atoms with Crippen LogP contribution >= 0.6 is 7.60 Å². The van der Waals surface area contributed by atoms with E-state index in [9.17, 15) is 23.7 Å². The molecule has 1 heterocycles. The summed E-state index contributed by atoms with van der Waals surface area (Å²) >= 11 is 0. The molecule has 14 nitrogen and oxygen atoms in total. The highest BCUT2D eigenvalue weighted by Gasteiger charge is 2.34. The summed E-state index contributed by atoms with van der Waals surface area (Å²) in [6.07, 6.45) is 5.89. The Morgan fingerprint density at radius 3 is 2.16 bits per heavy atom. The molecule has 0 aliphatic carbocycles. The van der Waals surface area contributed by atoms with Crippen molar-refractivity contribution < 1.29 is 46.8 Å². The summed E-state index contributed by atoms with van der Waals surface area (Å²) in [6, 6.07) is 16.0. The minimum atomic E-state index is -3.71. The Morgan fingerprint density at radius 2 is 1.55 bits per heavy atom. The number of para-hydroxylation sites is 1. The SMILES string of the molecule is CCCCC[C@@H](C(=O)NCNC(=O)c1ccc(-c2cc(OCC)cc(P(=O)(OCCCC)OCCCC)c2)o1)[C@@H](CC)N(C=O)OC(=O)Nc1ccccc1. The molecule has 0 fully saturated rings. The molecule has 302 valence electrons. The molecule has 2 aromatic carbocycles. The molecule has 0 unspecified atom stereocenters. The van der Waals surface area contributed by atoms with Gasteiger partial charge in [0.15, 0.2) is 5.76 Å². The van der Waals surface area contributed by atoms with Gasteiger partial charge in [-0.1, -0.05) is 78.0 Å². The fourth-order valence-electron chi connectivity index (χ4n) is 5.70. The number of carbonyl (C=O) groups excluding carboxylic acids is 4. The third kappa shape index (κ3) is 14.2. The number of hydroxylamine groups is 2. The van der Waals surface area contributed by atoms with Crippen molar-refractivity contribution in [1.29, 1.82) is 0 Å². The molecule has 3 N–H and O–H groups in total. The summed E-state index contributed by atoms with van der Waals surface area (Å²) in [5, 5.41) is 9.14. The van der Waals surface area contributed by atoms with E-state index < -0.39 is 37.5 Å². The Kier molecular flexibility index (Phi) is 19.5. The molecule has 0 aliphatic heterocycles. The van der Waals surface area contributed by atoms with E-state index in [1.54, 1.807) is 61.5 Å². The van der Waals surface area contributed by atoms with E-state index in [-0.39, 0.29) is 25.6 Å². The van der Waals surface area contributed by atoms with Crippen LogP contribution in [0.5, 0.6) is 5.75 Å². The lowest BCUT2D eigenvalue weighted by Crippen LogP contribution is -2.49. The first-order chi connectivity index (χ1) is 26.6. The number of furan rings is 1. The highest BCUT2D eigenvalue weighted by molar-refractivity contribution is 7.62. The zero-order chi connectivity index (χ0) is 40.1. The molecule has 55 heavy (non-hydrogen) atoms. The number of amides is 4. The van der Waals surface area contributed by atoms with Gasteiger partial charge in [0.2, 0.25) is 12.3 Å². The maximum Gasteiger partial charge on any atom is 0.436 e. The maximum atomic E-state index is 14.1. The van der Waals surface area contributed by atoms with Gasteiger partial charge in [0, 0.05) is 11.3 Å². The quantitative estimate of drug-likeness (QED) is 0.0237. The van der Waals surface area contributed by atoms with E-state index >= 15 is 0 Å². The average Bonchev–Trinajstić information content (AvgIpc) is 3.68. The summed E-state index contributed by atoms with van der Waals surface area (Å²) in [4.78, 5) is 56.8. The lowest BCUT2D eigenvalue weighted by Gasteiger charge is -2.31. The molecule has 0 radical (unpaired) electrons. The van der Waals surface area contributed by atoms with Gasteiger partial charge in [-0.3, -0.25) is 24.3 Å². The zero-order valence-corrected chi connectivity index (χ0v) is 33.6. The van der Waals surface area contributed by atoms with Crippen LogP contribution in [0.3, 0.4) is 0 Å². The van der Waals surface area contributed by atoms with Crippen molar-refractivity contribution in [2.45, 2.75) is 98.4 Å². The van der Waals surface area contributed by atoms with E-state index in [2.05, 4.69) is 16.0 Å². The molecule has 0 saturated heterocycles. The molecule has 0 spiro atoms. The number of benzene rings is 2. The number of nitrogens with zero attached hydrogens (tertiary/aromatic N) is 1. The van der Waals surface area contributed by atoms with Crippen LogP contribution < -0.4 is 26.0 Å². The van der Waals surface area contributed by atoms with Gasteiger partial charge in [0.05, 0.1) is 43.8 Å². The lowest BCUT2D eigenvalue weighted by atomic mass is 9.90. The van der Waals surface area contributed by atoms with Crippen molar-refractivity contribution in [3.8, 4) is 17.1 Å². The summed E-state index contributed by atoms with van der Waals surface area (Å²) in [5.41, 5.74) is 0.990. The smallest absolute Gasteiger partial charge is 0.436 e. The minimum absolute atomic E-state index is 0.0231. The first-order valence-electron chi connectivity index (χ1n) is 19.2. The normalized spacial score (nSPS) is 12.3. The monoisotopic (exact) mass is 784 g/mol. The first kappa shape index (κ1) is 44.7. The number of ether oxygens (including phenoxy) is 1. The molecule has 3 rings (SSSR count). The largest absolute Gasteiger partial charge is 0.494 e. The van der Waals surface area contributed by atoms with Gasteiger partial charge in [-0.15, -0.1) is 0 Å². The van der Waals surface area contributed by atoms with Crippen LogP contribution in [-0.4, -0.2) is 61.9 Å². The third-order valence-electron chi connectivity index (χ3n) is 8.64. The summed E-state index contributed by atoms with van der Waals surface area (Å²) < 4.78 is 37.5. The topological polar surface area (TPSA) is 175 Å². The second-order valence-electron chi connectivity index (χ2n) is 12.8. The van der Waals surface area contributed by atoms with Crippen molar-refractivity contribution in [2.24, 2.45) is 5.92 Å². The second-order valence-corrected chi connectivity index (χ2v) is 14.8. The van der Waals surface area contributed by atoms with Gasteiger partial charge in [-0.2, -0.15) is 5.06 Å². The van der Waals surface area contributed by atoms with E-state index in [0.29, 0.717) is 73.2 Å². The molecule has 0 bridgehead atoms. The predicted octanol–water partition coefficient (Wildman–Crippen LogP) is 8.20. The number of hydrogen-bond donors (Lipinski definition) is 3. The maximum absolute atomic E-state index is 14.1. The second kappa shape index (κ2) is 24.0. The van der Waals surface area contributed by atoms with Crippen LogP contribution in [0.2, 0.25) is 0 Å². The highest BCUT2D eigenvalue weighted by Crippen LogP contribution is 2.49. The highest BCUT2D eigenvalue weighted by atomic mass is 31.2. The predicted molar refractivity (Wildman–Crippen MR) is 211 cm³/mol. The van der Waals surface area contributed by atoms with Crippen LogP contribution in [0.15, 0.2) is 65.1 Å². The number of nitrogens with one attached hydrogen (secondary N) is 3. The Morgan fingerprint density at radius 1 is 0.855 bits per heavy atom. The van der Waals surface area contributed by atoms with Crippen molar-refractivity contribution in [3.05, 3.63) is 66.4 Å². The fourth-order valence-corrected chi connectivity index (χ4v) is 7.40. The molecule has 1 aromatic heterocycles. The van der Waals surface area contributed by atoms with E-state index in [4.69, 9.17) is 23.0 Å². The zero-order valence-electron chi connectivity index (χ0n) is 32.7. The molecule has 4 amide bonds. The number of carbonyl (C=O) groups is 4. The third-order valence-corrected chi connectivity index (χ3v) is 10.6. The average molecular weight is 785 g/mol. The Hall–Kier alpha value is -4.65. The van der Waals surface area contributed by atoms with Crippen LogP contribution in [0, 0.1) is 5.92 Å². The molecule has 2 atom stereocenters. The number of anilines is 1. The van der Waals surface area contributed by atoms with Gasteiger partial charge in [-0.25, -0.2) is 4.79 Å². The Balaban J connectivity index is 1.73.